The van der Waals surface area contributed by atoms with Crippen molar-refractivity contribution in [1.29, 1.82) is 0 Å². The van der Waals surface area contributed by atoms with Crippen LogP contribution in [-0.4, -0.2) is 26.8 Å². The lowest BCUT2D eigenvalue weighted by molar-refractivity contribution is -0.387. The summed E-state index contributed by atoms with van der Waals surface area (Å²) in [4.78, 5) is 47.6. The van der Waals surface area contributed by atoms with Crippen LogP contribution in [0.15, 0.2) is 93.7 Å². The highest BCUT2D eigenvalue weighted by molar-refractivity contribution is 8.01. The zero-order valence-electron chi connectivity index (χ0n) is 24.7. The van der Waals surface area contributed by atoms with Crippen LogP contribution in [0.25, 0.3) is 16.3 Å². The molecule has 11 heteroatoms. The first-order valence-corrected chi connectivity index (χ1v) is 16.0. The molecule has 0 atom stereocenters. The maximum Gasteiger partial charge on any atom is 0.283 e. The van der Waals surface area contributed by atoms with Crippen molar-refractivity contribution in [1.82, 2.24) is 4.98 Å². The third-order valence-corrected chi connectivity index (χ3v) is 9.67. The number of nitro groups is 1. The molecule has 0 unspecified atom stereocenters. The molecule has 0 saturated carbocycles. The van der Waals surface area contributed by atoms with Crippen LogP contribution in [0.4, 0.5) is 17.1 Å². The van der Waals surface area contributed by atoms with E-state index in [2.05, 4.69) is 4.98 Å². The summed E-state index contributed by atoms with van der Waals surface area (Å²) in [6, 6.07) is 23.6. The number of nitrogens with zero attached hydrogens (tertiary/aromatic N) is 4. The Bertz CT molecular complexity index is 1950. The van der Waals surface area contributed by atoms with Crippen LogP contribution in [0.1, 0.15) is 27.8 Å². The zero-order valence-corrected chi connectivity index (χ0v) is 27.2. The highest BCUT2D eigenvalue weighted by Gasteiger charge is 2.41. The van der Waals surface area contributed by atoms with E-state index in [1.165, 1.54) is 45.0 Å². The van der Waals surface area contributed by atoms with Crippen molar-refractivity contribution in [3.8, 4) is 0 Å². The Morgan fingerprint density at radius 1 is 0.822 bits per heavy atom. The second-order valence-electron chi connectivity index (χ2n) is 10.8. The van der Waals surface area contributed by atoms with Gasteiger partial charge in [-0.15, -0.1) is 11.3 Å². The van der Waals surface area contributed by atoms with Gasteiger partial charge in [-0.3, -0.25) is 29.5 Å². The van der Waals surface area contributed by atoms with Gasteiger partial charge in [-0.05, 0) is 116 Å². The summed E-state index contributed by atoms with van der Waals surface area (Å²) in [5.74, 6) is -1.21. The molecule has 8 nitrogen and oxygen atoms in total. The quantitative estimate of drug-likeness (QED) is 0.0599. The third-order valence-electron chi connectivity index (χ3n) is 7.14. The van der Waals surface area contributed by atoms with Crippen LogP contribution in [0.2, 0.25) is 0 Å². The Kier molecular flexibility index (Phi) is 8.08. The lowest BCUT2D eigenvalue weighted by atomic mass is 10.0. The largest absolute Gasteiger partial charge is 0.283 e. The number of carbonyl (C=O) groups excluding carboxylic acids is 2. The number of amides is 2. The minimum Gasteiger partial charge on any atom is -0.268 e. The van der Waals surface area contributed by atoms with Crippen LogP contribution in [0.3, 0.4) is 0 Å². The molecule has 224 valence electrons. The molecule has 1 aromatic heterocycles. The van der Waals surface area contributed by atoms with Crippen molar-refractivity contribution < 1.29 is 14.5 Å². The summed E-state index contributed by atoms with van der Waals surface area (Å²) < 4.78 is 1.66. The van der Waals surface area contributed by atoms with Gasteiger partial charge >= 0.3 is 0 Å². The van der Waals surface area contributed by atoms with Gasteiger partial charge in [-0.1, -0.05) is 42.1 Å². The van der Waals surface area contributed by atoms with Gasteiger partial charge in [0.25, 0.3) is 17.5 Å². The lowest BCUT2D eigenvalue weighted by Gasteiger charge is -2.37. The first-order valence-electron chi connectivity index (χ1n) is 13.9. The molecule has 4 aromatic carbocycles. The Morgan fingerprint density at radius 3 is 1.91 bits per heavy atom. The van der Waals surface area contributed by atoms with Gasteiger partial charge in [0.15, 0.2) is 9.45 Å². The smallest absolute Gasteiger partial charge is 0.268 e. The normalized spacial score (nSPS) is 13.6. The average molecular weight is 651 g/mol. The minimum atomic E-state index is -0.605. The number of carbonyl (C=O) groups is 2. The molecule has 5 aromatic rings. The fourth-order valence-electron chi connectivity index (χ4n) is 5.35. The van der Waals surface area contributed by atoms with E-state index in [4.69, 9.17) is 12.2 Å². The first-order chi connectivity index (χ1) is 21.5. The number of thiocarbonyl (C=S) groups is 1. The summed E-state index contributed by atoms with van der Waals surface area (Å²) in [6.45, 7) is 7.68. The predicted octanol–water partition coefficient (Wildman–Crippen LogP) is 8.34. The number of hydrogen-bond donors (Lipinski definition) is 0. The standard InChI is InChI=1S/C34H26N4O4S3/c1-19-11-20(2)14-24(13-19)36-31(39)26(32(40)37(34(36)43)25-15-21(3)12-22(4)16-25)17-23-9-10-30(28(18-23)38(41)42)45-33-35-27-7-5-6-8-29(27)44-33/h5-18H,1-4H3. The Hall–Kier alpha value is -4.71. The lowest BCUT2D eigenvalue weighted by Crippen LogP contribution is -2.57. The number of hydrogen-bond acceptors (Lipinski definition) is 8. The molecule has 1 aliphatic rings. The molecule has 45 heavy (non-hydrogen) atoms. The van der Waals surface area contributed by atoms with Crippen molar-refractivity contribution in [2.75, 3.05) is 9.80 Å². The minimum absolute atomic E-state index is 0.0331. The maximum absolute atomic E-state index is 14.1. The van der Waals surface area contributed by atoms with Gasteiger partial charge < -0.3 is 0 Å². The summed E-state index contributed by atoms with van der Waals surface area (Å²) in [7, 11) is 0. The Morgan fingerprint density at radius 2 is 1.38 bits per heavy atom. The van der Waals surface area contributed by atoms with Crippen LogP contribution in [-0.2, 0) is 9.59 Å². The van der Waals surface area contributed by atoms with Crippen molar-refractivity contribution in [3.05, 3.63) is 122 Å². The molecule has 0 spiro atoms. The molecule has 0 radical (unpaired) electrons. The summed E-state index contributed by atoms with van der Waals surface area (Å²) in [5.41, 5.74) is 5.61. The molecule has 0 aliphatic carbocycles. The predicted molar refractivity (Wildman–Crippen MR) is 184 cm³/mol. The SMILES string of the molecule is Cc1cc(C)cc(N2C(=O)C(=Cc3ccc(Sc4nc5ccccc5s4)c([N+](=O)[O-])c3)C(=O)N(c3cc(C)cc(C)c3)C2=S)c1. The van der Waals surface area contributed by atoms with Crippen molar-refractivity contribution in [2.24, 2.45) is 0 Å². The number of thiazole rings is 1. The molecule has 2 amide bonds. The van der Waals surface area contributed by atoms with E-state index < -0.39 is 16.7 Å². The number of benzene rings is 4. The van der Waals surface area contributed by atoms with Gasteiger partial charge in [0.1, 0.15) is 5.57 Å². The monoisotopic (exact) mass is 650 g/mol. The zero-order chi connectivity index (χ0) is 32.0. The molecule has 2 heterocycles. The second kappa shape index (κ2) is 12.0. The van der Waals surface area contributed by atoms with Gasteiger partial charge in [0, 0.05) is 6.07 Å². The van der Waals surface area contributed by atoms with Gasteiger partial charge in [0.2, 0.25) is 0 Å². The van der Waals surface area contributed by atoms with E-state index in [0.717, 1.165) is 32.5 Å². The van der Waals surface area contributed by atoms with Crippen LogP contribution < -0.4 is 9.80 Å². The maximum atomic E-state index is 14.1. The van der Waals surface area contributed by atoms with Crippen LogP contribution in [0, 0.1) is 37.8 Å². The van der Waals surface area contributed by atoms with Gasteiger partial charge in [0.05, 0.1) is 31.4 Å². The molecule has 6 rings (SSSR count). The summed E-state index contributed by atoms with van der Waals surface area (Å²) >= 11 is 8.46. The van der Waals surface area contributed by atoms with E-state index in [1.54, 1.807) is 12.1 Å². The van der Waals surface area contributed by atoms with Gasteiger partial charge in [-0.25, -0.2) is 4.98 Å². The average Bonchev–Trinajstić information content (AvgIpc) is 3.37. The number of fused-ring (bicyclic) bond motifs is 1. The summed E-state index contributed by atoms with van der Waals surface area (Å²) in [5, 5.41) is 12.2. The fraction of sp³-hybridized carbons (Fsp3) is 0.118. The van der Waals surface area contributed by atoms with Crippen molar-refractivity contribution >= 4 is 85.6 Å². The molecule has 1 fully saturated rings. The third kappa shape index (κ3) is 6.02. The van der Waals surface area contributed by atoms with Crippen LogP contribution in [0.5, 0.6) is 0 Å². The van der Waals surface area contributed by atoms with E-state index in [-0.39, 0.29) is 16.4 Å². The second-order valence-corrected chi connectivity index (χ2v) is 13.5. The van der Waals surface area contributed by atoms with E-state index in [9.17, 15) is 19.7 Å². The molecular formula is C34H26N4O4S3. The summed E-state index contributed by atoms with van der Waals surface area (Å²) in [6.07, 6.45) is 1.40. The van der Waals surface area contributed by atoms with Gasteiger partial charge in [-0.2, -0.15) is 0 Å². The number of aromatic nitrogens is 1. The van der Waals surface area contributed by atoms with Crippen LogP contribution >= 0.6 is 35.3 Å². The van der Waals surface area contributed by atoms with E-state index in [1.807, 2.05) is 88.4 Å². The van der Waals surface area contributed by atoms with E-state index >= 15 is 0 Å². The fourth-order valence-corrected chi connectivity index (χ4v) is 7.84. The molecule has 1 aliphatic heterocycles. The number of aryl methyl sites for hydroxylation is 4. The number of para-hydroxylation sites is 1. The number of nitro benzene ring substituents is 1. The topological polar surface area (TPSA) is 96.6 Å². The van der Waals surface area contributed by atoms with E-state index in [0.29, 0.717) is 26.2 Å². The first kappa shape index (κ1) is 30.3. The highest BCUT2D eigenvalue weighted by Crippen LogP contribution is 2.40. The molecule has 0 N–H and O–H groups in total. The molecular weight excluding hydrogens is 625 g/mol. The van der Waals surface area contributed by atoms with Crippen molar-refractivity contribution in [2.45, 2.75) is 36.9 Å². The number of anilines is 2. The molecule has 1 saturated heterocycles. The van der Waals surface area contributed by atoms with Crippen molar-refractivity contribution in [3.63, 3.8) is 0 Å². The Labute approximate surface area is 273 Å². The highest BCUT2D eigenvalue weighted by atomic mass is 32.2. The molecule has 0 bridgehead atoms. The Balaban J connectivity index is 1.44. The number of rotatable bonds is 6.